The molecule has 5 nitrogen and oxygen atoms in total. The number of hydrogen-bond acceptors (Lipinski definition) is 3. The van der Waals surface area contributed by atoms with Gasteiger partial charge in [-0.05, 0) is 19.8 Å². The van der Waals surface area contributed by atoms with Crippen molar-refractivity contribution < 1.29 is 19.4 Å². The van der Waals surface area contributed by atoms with Crippen molar-refractivity contribution in [2.75, 3.05) is 6.61 Å². The molecule has 4 atom stereocenters. The molecular weight excluding hydrogens is 222 g/mol. The van der Waals surface area contributed by atoms with E-state index in [1.165, 1.54) is 0 Å². The van der Waals surface area contributed by atoms with Crippen LogP contribution in [0.3, 0.4) is 0 Å². The topological polar surface area (TPSA) is 75.6 Å². The van der Waals surface area contributed by atoms with Crippen molar-refractivity contribution in [2.45, 2.75) is 45.8 Å². The molecule has 1 aliphatic heterocycles. The summed E-state index contributed by atoms with van der Waals surface area (Å²) in [6.45, 7) is 5.83. The Morgan fingerprint density at radius 2 is 2.00 bits per heavy atom. The molecule has 1 rings (SSSR count). The first kappa shape index (κ1) is 14.0. The van der Waals surface area contributed by atoms with E-state index in [4.69, 9.17) is 9.84 Å². The number of carboxylic acids is 1. The molecule has 0 aromatic carbocycles. The Morgan fingerprint density at radius 3 is 2.53 bits per heavy atom. The van der Waals surface area contributed by atoms with Gasteiger partial charge in [-0.2, -0.15) is 0 Å². The Hall–Kier alpha value is -1.10. The van der Waals surface area contributed by atoms with Gasteiger partial charge in [-0.25, -0.2) is 0 Å². The van der Waals surface area contributed by atoms with E-state index >= 15 is 0 Å². The standard InChI is InChI=1S/C12H21NO4/c1-7-6-10(4-5-17-7)13-11(14)8(2)9(3)12(15)16/h7-10H,4-6H2,1-3H3,(H,13,14)(H,15,16). The Bertz CT molecular complexity index is 292. The molecule has 4 unspecified atom stereocenters. The molecule has 5 heteroatoms. The van der Waals surface area contributed by atoms with Crippen molar-refractivity contribution in [1.82, 2.24) is 5.32 Å². The van der Waals surface area contributed by atoms with Gasteiger partial charge in [-0.15, -0.1) is 0 Å². The minimum atomic E-state index is -0.937. The maximum atomic E-state index is 11.8. The molecule has 17 heavy (non-hydrogen) atoms. The molecule has 0 spiro atoms. The Kier molecular flexibility index (Phi) is 4.93. The van der Waals surface area contributed by atoms with Crippen molar-refractivity contribution >= 4 is 11.9 Å². The molecule has 1 fully saturated rings. The second-order valence-corrected chi connectivity index (χ2v) is 4.83. The van der Waals surface area contributed by atoms with E-state index in [1.54, 1.807) is 13.8 Å². The molecule has 0 aliphatic carbocycles. The van der Waals surface area contributed by atoms with Crippen molar-refractivity contribution in [1.29, 1.82) is 0 Å². The van der Waals surface area contributed by atoms with Gasteiger partial charge < -0.3 is 15.2 Å². The van der Waals surface area contributed by atoms with Crippen LogP contribution in [0.2, 0.25) is 0 Å². The minimum absolute atomic E-state index is 0.106. The van der Waals surface area contributed by atoms with Crippen LogP contribution >= 0.6 is 0 Å². The Labute approximate surface area is 102 Å². The molecular formula is C12H21NO4. The van der Waals surface area contributed by atoms with Crippen LogP contribution in [0.1, 0.15) is 33.6 Å². The third kappa shape index (κ3) is 4.00. The maximum absolute atomic E-state index is 11.8. The van der Waals surface area contributed by atoms with Crippen LogP contribution in [0.25, 0.3) is 0 Å². The van der Waals surface area contributed by atoms with Gasteiger partial charge in [-0.1, -0.05) is 13.8 Å². The van der Waals surface area contributed by atoms with Gasteiger partial charge in [0.25, 0.3) is 0 Å². The molecule has 0 radical (unpaired) electrons. The smallest absolute Gasteiger partial charge is 0.307 e. The van der Waals surface area contributed by atoms with E-state index in [2.05, 4.69) is 5.32 Å². The number of hydrogen-bond donors (Lipinski definition) is 2. The van der Waals surface area contributed by atoms with Crippen LogP contribution in [0, 0.1) is 11.8 Å². The average molecular weight is 243 g/mol. The number of carbonyl (C=O) groups is 2. The van der Waals surface area contributed by atoms with Crippen molar-refractivity contribution in [3.8, 4) is 0 Å². The molecule has 0 aromatic rings. The number of rotatable bonds is 4. The molecule has 0 aromatic heterocycles. The zero-order valence-electron chi connectivity index (χ0n) is 10.6. The lowest BCUT2D eigenvalue weighted by atomic mass is 9.94. The van der Waals surface area contributed by atoms with Gasteiger partial charge in [0.2, 0.25) is 5.91 Å². The highest BCUT2D eigenvalue weighted by Gasteiger charge is 2.28. The summed E-state index contributed by atoms with van der Waals surface area (Å²) >= 11 is 0. The summed E-state index contributed by atoms with van der Waals surface area (Å²) in [5.74, 6) is -2.29. The van der Waals surface area contributed by atoms with Crippen LogP contribution in [0.15, 0.2) is 0 Å². The second-order valence-electron chi connectivity index (χ2n) is 4.83. The lowest BCUT2D eigenvalue weighted by Gasteiger charge is -2.29. The zero-order valence-corrected chi connectivity index (χ0v) is 10.6. The highest BCUT2D eigenvalue weighted by Crippen LogP contribution is 2.16. The Balaban J connectivity index is 2.45. The van der Waals surface area contributed by atoms with Crippen LogP contribution in [-0.4, -0.2) is 35.7 Å². The maximum Gasteiger partial charge on any atom is 0.307 e. The fourth-order valence-corrected chi connectivity index (χ4v) is 1.90. The first-order valence-corrected chi connectivity index (χ1v) is 6.06. The van der Waals surface area contributed by atoms with Gasteiger partial charge in [0, 0.05) is 18.6 Å². The normalized spacial score (nSPS) is 28.2. The summed E-state index contributed by atoms with van der Waals surface area (Å²) in [5.41, 5.74) is 0. The summed E-state index contributed by atoms with van der Waals surface area (Å²) < 4.78 is 5.39. The summed E-state index contributed by atoms with van der Waals surface area (Å²) in [6, 6.07) is 0.106. The molecule has 0 saturated carbocycles. The first-order valence-electron chi connectivity index (χ1n) is 6.06. The van der Waals surface area contributed by atoms with Crippen LogP contribution in [-0.2, 0) is 14.3 Å². The summed E-state index contributed by atoms with van der Waals surface area (Å²) in [7, 11) is 0. The van der Waals surface area contributed by atoms with Crippen molar-refractivity contribution in [3.05, 3.63) is 0 Å². The summed E-state index contributed by atoms with van der Waals surface area (Å²) in [4.78, 5) is 22.6. The lowest BCUT2D eigenvalue weighted by Crippen LogP contribution is -2.45. The van der Waals surface area contributed by atoms with Crippen molar-refractivity contribution in [2.24, 2.45) is 11.8 Å². The molecule has 0 bridgehead atoms. The van der Waals surface area contributed by atoms with Gasteiger partial charge in [0.05, 0.1) is 12.0 Å². The van der Waals surface area contributed by atoms with Gasteiger partial charge in [0.1, 0.15) is 0 Å². The van der Waals surface area contributed by atoms with E-state index in [9.17, 15) is 9.59 Å². The summed E-state index contributed by atoms with van der Waals surface area (Å²) in [5, 5.41) is 11.8. The number of ether oxygens (including phenoxy) is 1. The molecule has 98 valence electrons. The fraction of sp³-hybridized carbons (Fsp3) is 0.833. The van der Waals surface area contributed by atoms with Gasteiger partial charge in [0.15, 0.2) is 0 Å². The predicted molar refractivity (Wildman–Crippen MR) is 62.5 cm³/mol. The summed E-state index contributed by atoms with van der Waals surface area (Å²) in [6.07, 6.45) is 1.74. The number of carboxylic acid groups (broad SMARTS) is 1. The number of aliphatic carboxylic acids is 1. The zero-order chi connectivity index (χ0) is 13.0. The highest BCUT2D eigenvalue weighted by atomic mass is 16.5. The van der Waals surface area contributed by atoms with E-state index in [1.807, 2.05) is 6.92 Å². The Morgan fingerprint density at radius 1 is 1.35 bits per heavy atom. The van der Waals surface area contributed by atoms with E-state index < -0.39 is 17.8 Å². The largest absolute Gasteiger partial charge is 0.481 e. The quantitative estimate of drug-likeness (QED) is 0.773. The van der Waals surface area contributed by atoms with E-state index in [0.717, 1.165) is 12.8 Å². The van der Waals surface area contributed by atoms with Crippen molar-refractivity contribution in [3.63, 3.8) is 0 Å². The SMILES string of the molecule is CC1CC(NC(=O)C(C)C(C)C(=O)O)CCO1. The molecule has 1 heterocycles. The first-order chi connectivity index (χ1) is 7.91. The van der Waals surface area contributed by atoms with Crippen LogP contribution < -0.4 is 5.32 Å². The van der Waals surface area contributed by atoms with E-state index in [-0.39, 0.29) is 18.1 Å². The third-order valence-corrected chi connectivity index (χ3v) is 3.38. The second kappa shape index (κ2) is 6.00. The van der Waals surface area contributed by atoms with E-state index in [0.29, 0.717) is 6.61 Å². The lowest BCUT2D eigenvalue weighted by molar-refractivity contribution is -0.146. The fourth-order valence-electron chi connectivity index (χ4n) is 1.90. The number of nitrogens with one attached hydrogen (secondary N) is 1. The molecule has 1 amide bonds. The molecule has 1 aliphatic rings. The molecule has 1 saturated heterocycles. The highest BCUT2D eigenvalue weighted by molar-refractivity contribution is 5.84. The number of carbonyl (C=O) groups excluding carboxylic acids is 1. The predicted octanol–water partition coefficient (Wildman–Crippen LogP) is 1.03. The molecule has 2 N–H and O–H groups in total. The van der Waals surface area contributed by atoms with Gasteiger partial charge in [-0.3, -0.25) is 9.59 Å². The van der Waals surface area contributed by atoms with Gasteiger partial charge >= 0.3 is 5.97 Å². The number of amides is 1. The van der Waals surface area contributed by atoms with Crippen LogP contribution in [0.5, 0.6) is 0 Å². The third-order valence-electron chi connectivity index (χ3n) is 3.38. The monoisotopic (exact) mass is 243 g/mol. The minimum Gasteiger partial charge on any atom is -0.481 e. The van der Waals surface area contributed by atoms with Crippen LogP contribution in [0.4, 0.5) is 0 Å². The average Bonchev–Trinajstić information content (AvgIpc) is 2.26.